The number of thioether (sulfide) groups is 1. The number of methoxy groups -OCH3 is 1. The number of esters is 1. The summed E-state index contributed by atoms with van der Waals surface area (Å²) < 4.78 is 4.77. The van der Waals surface area contributed by atoms with Crippen LogP contribution in [-0.2, 0) is 14.3 Å². The number of nitrogens with one attached hydrogen (secondary N) is 1. The topological polar surface area (TPSA) is 81.2 Å². The van der Waals surface area contributed by atoms with Crippen molar-refractivity contribution in [3.8, 4) is 0 Å². The van der Waals surface area contributed by atoms with Gasteiger partial charge in [-0.25, -0.2) is 14.8 Å². The van der Waals surface area contributed by atoms with E-state index in [1.165, 1.54) is 36.5 Å². The van der Waals surface area contributed by atoms with Gasteiger partial charge in [0.1, 0.15) is 22.2 Å². The number of thiophene rings is 1. The van der Waals surface area contributed by atoms with E-state index in [0.29, 0.717) is 0 Å². The molecule has 2 atom stereocenters. The van der Waals surface area contributed by atoms with Crippen LogP contribution in [0.25, 0.3) is 10.2 Å². The van der Waals surface area contributed by atoms with E-state index in [9.17, 15) is 9.59 Å². The Kier molecular flexibility index (Phi) is 6.35. The van der Waals surface area contributed by atoms with E-state index in [2.05, 4.69) is 15.3 Å². The highest BCUT2D eigenvalue weighted by Crippen LogP contribution is 2.27. The van der Waals surface area contributed by atoms with Crippen molar-refractivity contribution in [3.05, 3.63) is 17.8 Å². The van der Waals surface area contributed by atoms with Crippen LogP contribution in [0.2, 0.25) is 0 Å². The van der Waals surface area contributed by atoms with Gasteiger partial charge in [0.25, 0.3) is 0 Å². The highest BCUT2D eigenvalue weighted by atomic mass is 32.2. The summed E-state index contributed by atoms with van der Waals surface area (Å²) in [4.78, 5) is 33.3. The van der Waals surface area contributed by atoms with Gasteiger partial charge in [0, 0.05) is 5.39 Å². The summed E-state index contributed by atoms with van der Waals surface area (Å²) in [5.74, 6) is -0.432. The second-order valence-corrected chi connectivity index (χ2v) is 6.92. The molecule has 2 aromatic rings. The summed E-state index contributed by atoms with van der Waals surface area (Å²) >= 11 is 2.87. The minimum atomic E-state index is -0.621. The van der Waals surface area contributed by atoms with E-state index in [4.69, 9.17) is 4.74 Å². The number of carbonyl (C=O) groups is 2. The van der Waals surface area contributed by atoms with Gasteiger partial charge in [0.15, 0.2) is 0 Å². The van der Waals surface area contributed by atoms with Crippen molar-refractivity contribution in [2.75, 3.05) is 12.9 Å². The van der Waals surface area contributed by atoms with Crippen LogP contribution in [-0.4, -0.2) is 40.7 Å². The second kappa shape index (κ2) is 8.26. The molecule has 0 aliphatic carbocycles. The first kappa shape index (κ1) is 17.7. The smallest absolute Gasteiger partial charge is 0.328 e. The molecular formula is C15H19N3O3S2. The van der Waals surface area contributed by atoms with Gasteiger partial charge >= 0.3 is 5.97 Å². The SMILES string of the molecule is CC[C@H](C)[C@@H](NC(=O)CSc1ncnc2sccc12)C(=O)OC. The lowest BCUT2D eigenvalue weighted by molar-refractivity contribution is -0.146. The molecule has 23 heavy (non-hydrogen) atoms. The van der Waals surface area contributed by atoms with E-state index in [1.807, 2.05) is 25.3 Å². The first-order chi connectivity index (χ1) is 11.1. The lowest BCUT2D eigenvalue weighted by Gasteiger charge is -2.21. The molecule has 1 amide bonds. The van der Waals surface area contributed by atoms with Crippen LogP contribution in [0.4, 0.5) is 0 Å². The van der Waals surface area contributed by atoms with Gasteiger partial charge in [-0.05, 0) is 17.4 Å². The molecule has 8 heteroatoms. The minimum absolute atomic E-state index is 0.0130. The molecule has 0 aliphatic heterocycles. The average Bonchev–Trinajstić information content (AvgIpc) is 3.05. The maximum absolute atomic E-state index is 12.2. The largest absolute Gasteiger partial charge is 0.467 e. The molecule has 2 rings (SSSR count). The third-order valence-electron chi connectivity index (χ3n) is 3.55. The molecule has 0 bridgehead atoms. The predicted molar refractivity (Wildman–Crippen MR) is 91.5 cm³/mol. The fourth-order valence-electron chi connectivity index (χ4n) is 2.03. The van der Waals surface area contributed by atoms with E-state index in [0.717, 1.165) is 21.7 Å². The number of aromatic nitrogens is 2. The van der Waals surface area contributed by atoms with Crippen molar-refractivity contribution in [1.29, 1.82) is 0 Å². The molecule has 0 fully saturated rings. The number of rotatable bonds is 7. The Labute approximate surface area is 143 Å². The Morgan fingerprint density at radius 2 is 2.22 bits per heavy atom. The second-order valence-electron chi connectivity index (χ2n) is 5.06. The molecule has 0 saturated carbocycles. The van der Waals surface area contributed by atoms with Gasteiger partial charge in [0.2, 0.25) is 5.91 Å². The zero-order chi connectivity index (χ0) is 16.8. The molecule has 0 radical (unpaired) electrons. The number of hydrogen-bond acceptors (Lipinski definition) is 7. The van der Waals surface area contributed by atoms with Crippen molar-refractivity contribution >= 4 is 45.2 Å². The number of ether oxygens (including phenoxy) is 1. The fraction of sp³-hybridized carbons (Fsp3) is 0.467. The van der Waals surface area contributed by atoms with Crippen LogP contribution >= 0.6 is 23.1 Å². The summed E-state index contributed by atoms with van der Waals surface area (Å²) in [6.45, 7) is 3.88. The zero-order valence-corrected chi connectivity index (χ0v) is 14.9. The molecule has 0 saturated heterocycles. The number of hydrogen-bond donors (Lipinski definition) is 1. The molecule has 0 spiro atoms. The Balaban J connectivity index is 1.98. The fourth-order valence-corrected chi connectivity index (χ4v) is 3.62. The Bertz CT molecular complexity index is 689. The van der Waals surface area contributed by atoms with Gasteiger partial charge in [-0.1, -0.05) is 32.0 Å². The van der Waals surface area contributed by atoms with Crippen molar-refractivity contribution in [1.82, 2.24) is 15.3 Å². The molecule has 0 aliphatic rings. The average molecular weight is 353 g/mol. The first-order valence-corrected chi connectivity index (χ1v) is 9.11. The molecular weight excluding hydrogens is 334 g/mol. The third kappa shape index (κ3) is 4.42. The van der Waals surface area contributed by atoms with Gasteiger partial charge in [0.05, 0.1) is 12.9 Å². The van der Waals surface area contributed by atoms with Crippen LogP contribution in [0.15, 0.2) is 22.8 Å². The molecule has 0 unspecified atom stereocenters. The minimum Gasteiger partial charge on any atom is -0.467 e. The number of fused-ring (bicyclic) bond motifs is 1. The molecule has 124 valence electrons. The first-order valence-electron chi connectivity index (χ1n) is 7.25. The van der Waals surface area contributed by atoms with E-state index < -0.39 is 12.0 Å². The van der Waals surface area contributed by atoms with Gasteiger partial charge < -0.3 is 10.1 Å². The van der Waals surface area contributed by atoms with Gasteiger partial charge in [-0.15, -0.1) is 11.3 Å². The van der Waals surface area contributed by atoms with Gasteiger partial charge in [-0.3, -0.25) is 4.79 Å². The highest BCUT2D eigenvalue weighted by molar-refractivity contribution is 8.00. The quantitative estimate of drug-likeness (QED) is 0.468. The molecule has 0 aromatic carbocycles. The number of nitrogens with zero attached hydrogens (tertiary/aromatic N) is 2. The summed E-state index contributed by atoms with van der Waals surface area (Å²) in [7, 11) is 1.33. The normalized spacial score (nSPS) is 13.5. The summed E-state index contributed by atoms with van der Waals surface area (Å²) in [6.07, 6.45) is 2.27. The van der Waals surface area contributed by atoms with E-state index in [1.54, 1.807) is 0 Å². The van der Waals surface area contributed by atoms with Crippen LogP contribution in [0.5, 0.6) is 0 Å². The Morgan fingerprint density at radius 1 is 1.43 bits per heavy atom. The van der Waals surface area contributed by atoms with Gasteiger partial charge in [-0.2, -0.15) is 0 Å². The van der Waals surface area contributed by atoms with Crippen LogP contribution in [0.1, 0.15) is 20.3 Å². The Hall–Kier alpha value is -1.67. The molecule has 2 aromatic heterocycles. The predicted octanol–water partition coefficient (Wildman–Crippen LogP) is 2.49. The van der Waals surface area contributed by atoms with Crippen LogP contribution < -0.4 is 5.32 Å². The maximum Gasteiger partial charge on any atom is 0.328 e. The van der Waals surface area contributed by atoms with Crippen molar-refractivity contribution in [3.63, 3.8) is 0 Å². The summed E-state index contributed by atoms with van der Waals surface area (Å²) in [5, 5.41) is 6.41. The van der Waals surface area contributed by atoms with Crippen LogP contribution in [0.3, 0.4) is 0 Å². The zero-order valence-electron chi connectivity index (χ0n) is 13.2. The summed E-state index contributed by atoms with van der Waals surface area (Å²) in [6, 6.07) is 1.32. The lowest BCUT2D eigenvalue weighted by Crippen LogP contribution is -2.46. The number of carbonyl (C=O) groups excluding carboxylic acids is 2. The summed E-state index contributed by atoms with van der Waals surface area (Å²) in [5.41, 5.74) is 0. The van der Waals surface area contributed by atoms with Crippen LogP contribution in [0, 0.1) is 5.92 Å². The molecule has 6 nitrogen and oxygen atoms in total. The van der Waals surface area contributed by atoms with E-state index in [-0.39, 0.29) is 17.6 Å². The molecule has 1 N–H and O–H groups in total. The van der Waals surface area contributed by atoms with Crippen molar-refractivity contribution < 1.29 is 14.3 Å². The maximum atomic E-state index is 12.2. The Morgan fingerprint density at radius 3 is 2.91 bits per heavy atom. The monoisotopic (exact) mass is 353 g/mol. The lowest BCUT2D eigenvalue weighted by atomic mass is 9.99. The van der Waals surface area contributed by atoms with Crippen molar-refractivity contribution in [2.45, 2.75) is 31.3 Å². The molecule has 2 heterocycles. The van der Waals surface area contributed by atoms with Crippen molar-refractivity contribution in [2.24, 2.45) is 5.92 Å². The standard InChI is InChI=1S/C15H19N3O3S2/c1-4-9(2)12(15(20)21-3)18-11(19)7-23-14-10-5-6-22-13(10)16-8-17-14/h5-6,8-9,12H,4,7H2,1-3H3,(H,18,19)/t9-,12+/m0/s1. The third-order valence-corrected chi connectivity index (χ3v) is 5.38. The van der Waals surface area contributed by atoms with E-state index >= 15 is 0 Å². The number of amides is 1. The highest BCUT2D eigenvalue weighted by Gasteiger charge is 2.26.